The van der Waals surface area contributed by atoms with E-state index in [1.54, 1.807) is 0 Å². The first-order chi connectivity index (χ1) is 8.38. The van der Waals surface area contributed by atoms with E-state index in [-0.39, 0.29) is 38.9 Å². The van der Waals surface area contributed by atoms with Crippen LogP contribution in [0.5, 0.6) is 0 Å². The summed E-state index contributed by atoms with van der Waals surface area (Å²) in [7, 11) is -3.73. The Morgan fingerprint density at radius 2 is 1.63 bits per heavy atom. The van der Waals surface area contributed by atoms with E-state index in [0.29, 0.717) is 13.0 Å². The Morgan fingerprint density at radius 1 is 1.11 bits per heavy atom. The van der Waals surface area contributed by atoms with Crippen molar-refractivity contribution in [3.8, 4) is 0 Å². The van der Waals surface area contributed by atoms with Gasteiger partial charge in [0.2, 0.25) is 10.0 Å². The van der Waals surface area contributed by atoms with E-state index in [1.807, 2.05) is 0 Å². The number of nitrogens with one attached hydrogen (secondary N) is 1. The van der Waals surface area contributed by atoms with E-state index in [0.717, 1.165) is 6.42 Å². The van der Waals surface area contributed by atoms with Crippen LogP contribution in [0.3, 0.4) is 0 Å². The van der Waals surface area contributed by atoms with Gasteiger partial charge in [0.05, 0.1) is 10.0 Å². The zero-order valence-electron chi connectivity index (χ0n) is 9.83. The van der Waals surface area contributed by atoms with E-state index < -0.39 is 10.0 Å². The van der Waals surface area contributed by atoms with E-state index in [2.05, 4.69) is 4.72 Å². The summed E-state index contributed by atoms with van der Waals surface area (Å²) in [4.78, 5) is -0.150. The summed E-state index contributed by atoms with van der Waals surface area (Å²) < 4.78 is 26.4. The highest BCUT2D eigenvalue weighted by Crippen LogP contribution is 2.32. The van der Waals surface area contributed by atoms with Crippen LogP contribution in [0.25, 0.3) is 0 Å². The molecule has 4 nitrogen and oxygen atoms in total. The minimum atomic E-state index is -3.73. The Labute approximate surface area is 134 Å². The fraction of sp³-hybridized carbons (Fsp3) is 0.400. The zero-order valence-corrected chi connectivity index (χ0v) is 13.7. The molecule has 1 rings (SSSR count). The molecule has 0 amide bonds. The molecule has 0 atom stereocenters. The molecule has 1 aromatic rings. The van der Waals surface area contributed by atoms with Gasteiger partial charge in [0, 0.05) is 11.6 Å². The maximum atomic E-state index is 12.0. The van der Waals surface area contributed by atoms with Gasteiger partial charge in [-0.05, 0) is 31.5 Å². The van der Waals surface area contributed by atoms with Crippen molar-refractivity contribution in [3.05, 3.63) is 27.2 Å². The van der Waals surface area contributed by atoms with Gasteiger partial charge in [0.15, 0.2) is 0 Å². The first-order valence-electron chi connectivity index (χ1n) is 5.23. The molecule has 3 N–H and O–H groups in total. The van der Waals surface area contributed by atoms with Crippen molar-refractivity contribution >= 4 is 57.2 Å². The number of sulfonamides is 1. The Kier molecular flexibility index (Phi) is 8.63. The van der Waals surface area contributed by atoms with E-state index in [9.17, 15) is 8.42 Å². The first kappa shape index (κ1) is 19.2. The van der Waals surface area contributed by atoms with Gasteiger partial charge in [-0.25, -0.2) is 13.1 Å². The number of nitrogens with two attached hydrogens (primary N) is 1. The molecule has 19 heavy (non-hydrogen) atoms. The minimum Gasteiger partial charge on any atom is -0.330 e. The first-order valence-corrected chi connectivity index (χ1v) is 7.84. The third-order valence-corrected chi connectivity index (χ3v) is 4.75. The fourth-order valence-electron chi connectivity index (χ4n) is 1.33. The normalized spacial score (nSPS) is 11.2. The lowest BCUT2D eigenvalue weighted by Gasteiger charge is -2.10. The molecule has 0 bridgehead atoms. The Hall–Kier alpha value is 0.250. The molecular weight excluding hydrogens is 354 g/mol. The predicted octanol–water partition coefficient (Wildman–Crippen LogP) is 3.09. The van der Waals surface area contributed by atoms with Crippen LogP contribution in [-0.4, -0.2) is 21.5 Å². The number of hydrogen-bond donors (Lipinski definition) is 2. The van der Waals surface area contributed by atoms with Gasteiger partial charge in [-0.3, -0.25) is 0 Å². The Balaban J connectivity index is 0.00000324. The summed E-state index contributed by atoms with van der Waals surface area (Å²) in [6.45, 7) is 0.805. The second-order valence-corrected chi connectivity index (χ2v) is 6.55. The average molecular weight is 368 g/mol. The van der Waals surface area contributed by atoms with Gasteiger partial charge in [-0.2, -0.15) is 0 Å². The van der Waals surface area contributed by atoms with Gasteiger partial charge in [-0.15, -0.1) is 12.4 Å². The highest BCUT2D eigenvalue weighted by Gasteiger charge is 2.21. The van der Waals surface area contributed by atoms with E-state index >= 15 is 0 Å². The summed E-state index contributed by atoms with van der Waals surface area (Å²) in [6, 6.07) is 2.67. The second-order valence-electron chi connectivity index (χ2n) is 3.59. The molecule has 0 spiro atoms. The monoisotopic (exact) mass is 366 g/mol. The molecule has 9 heteroatoms. The summed E-state index contributed by atoms with van der Waals surface area (Å²) >= 11 is 17.4. The number of halogens is 4. The van der Waals surface area contributed by atoms with Crippen LogP contribution in [0.2, 0.25) is 15.1 Å². The molecular formula is C10H14Cl4N2O2S. The number of benzene rings is 1. The van der Waals surface area contributed by atoms with Gasteiger partial charge < -0.3 is 5.73 Å². The molecule has 0 heterocycles. The van der Waals surface area contributed by atoms with E-state index in [1.165, 1.54) is 12.1 Å². The van der Waals surface area contributed by atoms with Gasteiger partial charge in [-0.1, -0.05) is 34.8 Å². The third kappa shape index (κ3) is 5.63. The largest absolute Gasteiger partial charge is 0.330 e. The second kappa shape index (κ2) is 8.52. The Morgan fingerprint density at radius 3 is 2.11 bits per heavy atom. The highest BCUT2D eigenvalue weighted by atomic mass is 35.5. The molecule has 0 saturated heterocycles. The van der Waals surface area contributed by atoms with Gasteiger partial charge in [0.25, 0.3) is 0 Å². The average Bonchev–Trinajstić information content (AvgIpc) is 2.22. The quantitative estimate of drug-likeness (QED) is 0.759. The van der Waals surface area contributed by atoms with Gasteiger partial charge in [0.1, 0.15) is 4.90 Å². The number of hydrogen-bond acceptors (Lipinski definition) is 3. The number of unbranched alkanes of at least 4 members (excludes halogenated alkanes) is 1. The van der Waals surface area contributed by atoms with Crippen LogP contribution in [0, 0.1) is 0 Å². The molecule has 0 aliphatic rings. The van der Waals surface area contributed by atoms with Crippen molar-refractivity contribution < 1.29 is 8.42 Å². The van der Waals surface area contributed by atoms with Crippen LogP contribution < -0.4 is 10.5 Å². The lowest BCUT2D eigenvalue weighted by Crippen LogP contribution is -2.25. The smallest absolute Gasteiger partial charge is 0.243 e. The molecule has 0 aromatic heterocycles. The van der Waals surface area contributed by atoms with Crippen molar-refractivity contribution in [3.63, 3.8) is 0 Å². The van der Waals surface area contributed by atoms with Crippen LogP contribution >= 0.6 is 47.2 Å². The summed E-state index contributed by atoms with van der Waals surface area (Å²) in [5.74, 6) is 0. The topological polar surface area (TPSA) is 72.2 Å². The predicted molar refractivity (Wildman–Crippen MR) is 82.2 cm³/mol. The van der Waals surface area contributed by atoms with Crippen LogP contribution in [0.1, 0.15) is 12.8 Å². The Bertz CT molecular complexity index is 499. The molecule has 1 aromatic carbocycles. The molecule has 0 saturated carbocycles. The third-order valence-electron chi connectivity index (χ3n) is 2.15. The van der Waals surface area contributed by atoms with Crippen LogP contribution in [0.4, 0.5) is 0 Å². The maximum absolute atomic E-state index is 12.0. The molecule has 0 unspecified atom stereocenters. The molecule has 0 fully saturated rings. The standard InChI is InChI=1S/C10H13Cl3N2O2S.ClH/c11-7-5-8(12)10(9(13)6-7)18(16,17)15-4-2-1-3-14;/h5-6,15H,1-4,14H2;1H. The minimum absolute atomic E-state index is 0. The SMILES string of the molecule is Cl.NCCCCNS(=O)(=O)c1c(Cl)cc(Cl)cc1Cl. The number of rotatable bonds is 6. The van der Waals surface area contributed by atoms with Crippen LogP contribution in [-0.2, 0) is 10.0 Å². The lowest BCUT2D eigenvalue weighted by molar-refractivity contribution is 0.577. The molecule has 0 aliphatic heterocycles. The molecule has 0 aliphatic carbocycles. The van der Waals surface area contributed by atoms with Crippen molar-refractivity contribution in [2.75, 3.05) is 13.1 Å². The maximum Gasteiger partial charge on any atom is 0.243 e. The van der Waals surface area contributed by atoms with Crippen LogP contribution in [0.15, 0.2) is 17.0 Å². The van der Waals surface area contributed by atoms with Crippen molar-refractivity contribution in [2.24, 2.45) is 5.73 Å². The highest BCUT2D eigenvalue weighted by molar-refractivity contribution is 7.89. The summed E-state index contributed by atoms with van der Waals surface area (Å²) in [6.07, 6.45) is 1.39. The molecule has 0 radical (unpaired) electrons. The van der Waals surface area contributed by atoms with Crippen molar-refractivity contribution in [1.29, 1.82) is 0 Å². The van der Waals surface area contributed by atoms with Crippen molar-refractivity contribution in [1.82, 2.24) is 4.72 Å². The van der Waals surface area contributed by atoms with Gasteiger partial charge >= 0.3 is 0 Å². The zero-order chi connectivity index (χ0) is 13.8. The van der Waals surface area contributed by atoms with Crippen molar-refractivity contribution in [2.45, 2.75) is 17.7 Å². The van der Waals surface area contributed by atoms with E-state index in [4.69, 9.17) is 40.5 Å². The summed E-state index contributed by atoms with van der Waals surface area (Å²) in [5, 5.41) is 0.282. The summed E-state index contributed by atoms with van der Waals surface area (Å²) in [5.41, 5.74) is 5.32. The molecule has 110 valence electrons. The lowest BCUT2D eigenvalue weighted by atomic mass is 10.3. The fourth-order valence-corrected chi connectivity index (χ4v) is 3.95.